The second-order valence-corrected chi connectivity index (χ2v) is 3.42. The third-order valence-corrected chi connectivity index (χ3v) is 2.15. The largest absolute Gasteiger partial charge is 0.350 e. The number of fused-ring (bicyclic) bond motifs is 1. The van der Waals surface area contributed by atoms with Crippen LogP contribution in [0.2, 0.25) is 0 Å². The Morgan fingerprint density at radius 1 is 1.35 bits per heavy atom. The zero-order valence-corrected chi connectivity index (χ0v) is 9.21. The summed E-state index contributed by atoms with van der Waals surface area (Å²) in [7, 11) is 0. The zero-order chi connectivity index (χ0) is 12.3. The highest BCUT2D eigenvalue weighted by Gasteiger charge is 2.02. The van der Waals surface area contributed by atoms with Crippen LogP contribution in [-0.2, 0) is 0 Å². The number of hydrazone groups is 1. The Morgan fingerprint density at radius 2 is 2.06 bits per heavy atom. The van der Waals surface area contributed by atoms with E-state index in [1.807, 2.05) is 24.3 Å². The van der Waals surface area contributed by atoms with E-state index in [0.717, 1.165) is 11.0 Å². The zero-order valence-electron chi connectivity index (χ0n) is 9.21. The van der Waals surface area contributed by atoms with Crippen LogP contribution >= 0.6 is 0 Å². The van der Waals surface area contributed by atoms with E-state index in [0.29, 0.717) is 11.4 Å². The quantitative estimate of drug-likeness (QED) is 0.594. The van der Waals surface area contributed by atoms with Gasteiger partial charge in [-0.15, -0.1) is 0 Å². The molecule has 1 heterocycles. The molecule has 0 radical (unpaired) electrons. The van der Waals surface area contributed by atoms with Gasteiger partial charge in [-0.3, -0.25) is 4.98 Å². The maximum Gasteiger partial charge on any atom is 0.332 e. The summed E-state index contributed by atoms with van der Waals surface area (Å²) in [5.41, 5.74) is 9.79. The molecule has 1 aromatic heterocycles. The van der Waals surface area contributed by atoms with Crippen molar-refractivity contribution in [1.82, 2.24) is 15.4 Å². The molecule has 6 heteroatoms. The Balaban J connectivity index is 2.36. The molecule has 2 amide bonds. The molecular weight excluding hydrogens is 218 g/mol. The first-order valence-electron chi connectivity index (χ1n) is 4.99. The van der Waals surface area contributed by atoms with Gasteiger partial charge in [0.05, 0.1) is 22.9 Å². The van der Waals surface area contributed by atoms with Crippen LogP contribution in [-0.4, -0.2) is 21.7 Å². The number of aromatic nitrogens is 2. The average molecular weight is 229 g/mol. The SMILES string of the molecule is C/C(=N/NC(N)=O)c1cnc2ccccc2n1. The Morgan fingerprint density at radius 3 is 2.76 bits per heavy atom. The lowest BCUT2D eigenvalue weighted by molar-refractivity contribution is 0.249. The number of nitrogens with two attached hydrogens (primary N) is 1. The number of nitrogens with zero attached hydrogens (tertiary/aromatic N) is 3. The Hall–Kier alpha value is -2.50. The molecule has 0 saturated heterocycles. The van der Waals surface area contributed by atoms with Crippen molar-refractivity contribution in [3.05, 3.63) is 36.2 Å². The number of hydrogen-bond donors (Lipinski definition) is 2. The lowest BCUT2D eigenvalue weighted by Crippen LogP contribution is -2.25. The van der Waals surface area contributed by atoms with E-state index in [2.05, 4.69) is 20.5 Å². The number of amides is 2. The third-order valence-electron chi connectivity index (χ3n) is 2.15. The van der Waals surface area contributed by atoms with E-state index in [1.54, 1.807) is 13.1 Å². The van der Waals surface area contributed by atoms with Crippen LogP contribution in [0.15, 0.2) is 35.6 Å². The van der Waals surface area contributed by atoms with Crippen molar-refractivity contribution in [2.45, 2.75) is 6.92 Å². The van der Waals surface area contributed by atoms with Gasteiger partial charge in [0.25, 0.3) is 0 Å². The summed E-state index contributed by atoms with van der Waals surface area (Å²) in [6, 6.07) is 6.81. The molecule has 0 aliphatic heterocycles. The number of carbonyl (C=O) groups is 1. The van der Waals surface area contributed by atoms with Crippen LogP contribution in [0.3, 0.4) is 0 Å². The van der Waals surface area contributed by atoms with Gasteiger partial charge in [0.1, 0.15) is 5.69 Å². The Bertz CT molecular complexity index is 593. The number of hydrogen-bond acceptors (Lipinski definition) is 4. The highest BCUT2D eigenvalue weighted by atomic mass is 16.2. The number of benzene rings is 1. The molecule has 2 aromatic rings. The van der Waals surface area contributed by atoms with Gasteiger partial charge in [0.15, 0.2) is 0 Å². The van der Waals surface area contributed by atoms with E-state index in [9.17, 15) is 4.79 Å². The lowest BCUT2D eigenvalue weighted by Gasteiger charge is -2.01. The molecule has 2 rings (SSSR count). The minimum atomic E-state index is -0.710. The van der Waals surface area contributed by atoms with E-state index in [-0.39, 0.29) is 0 Å². The Labute approximate surface area is 97.6 Å². The monoisotopic (exact) mass is 229 g/mol. The van der Waals surface area contributed by atoms with Crippen molar-refractivity contribution in [3.8, 4) is 0 Å². The van der Waals surface area contributed by atoms with Gasteiger partial charge < -0.3 is 5.73 Å². The molecule has 0 fully saturated rings. The van der Waals surface area contributed by atoms with E-state index in [4.69, 9.17) is 5.73 Å². The molecule has 0 aliphatic carbocycles. The molecule has 17 heavy (non-hydrogen) atoms. The fourth-order valence-corrected chi connectivity index (χ4v) is 1.33. The van der Waals surface area contributed by atoms with Crippen LogP contribution < -0.4 is 11.2 Å². The van der Waals surface area contributed by atoms with Gasteiger partial charge in [-0.2, -0.15) is 5.10 Å². The van der Waals surface area contributed by atoms with E-state index >= 15 is 0 Å². The molecule has 0 spiro atoms. The first kappa shape index (κ1) is 11.0. The fourth-order valence-electron chi connectivity index (χ4n) is 1.33. The maximum absolute atomic E-state index is 10.5. The summed E-state index contributed by atoms with van der Waals surface area (Å²) in [5.74, 6) is 0. The van der Waals surface area contributed by atoms with Crippen molar-refractivity contribution < 1.29 is 4.79 Å². The van der Waals surface area contributed by atoms with E-state index < -0.39 is 6.03 Å². The smallest absolute Gasteiger partial charge is 0.332 e. The van der Waals surface area contributed by atoms with Crippen LogP contribution in [0.25, 0.3) is 11.0 Å². The third kappa shape index (κ3) is 2.54. The molecular formula is C11H11N5O. The van der Waals surface area contributed by atoms with Crippen molar-refractivity contribution in [2.24, 2.45) is 10.8 Å². The predicted octanol–water partition coefficient (Wildman–Crippen LogP) is 1.02. The van der Waals surface area contributed by atoms with Crippen molar-refractivity contribution in [3.63, 3.8) is 0 Å². The van der Waals surface area contributed by atoms with Crippen molar-refractivity contribution in [1.29, 1.82) is 0 Å². The van der Waals surface area contributed by atoms with Gasteiger partial charge in [-0.1, -0.05) is 12.1 Å². The summed E-state index contributed by atoms with van der Waals surface area (Å²) in [5, 5.41) is 3.79. The van der Waals surface area contributed by atoms with Gasteiger partial charge in [-0.05, 0) is 19.1 Å². The summed E-state index contributed by atoms with van der Waals surface area (Å²) in [6.07, 6.45) is 1.60. The van der Waals surface area contributed by atoms with Crippen molar-refractivity contribution >= 4 is 22.8 Å². The van der Waals surface area contributed by atoms with Gasteiger partial charge in [-0.25, -0.2) is 15.2 Å². The van der Waals surface area contributed by atoms with Gasteiger partial charge >= 0.3 is 6.03 Å². The molecule has 86 valence electrons. The molecule has 3 N–H and O–H groups in total. The summed E-state index contributed by atoms with van der Waals surface area (Å²) in [4.78, 5) is 19.1. The molecule has 0 saturated carbocycles. The minimum Gasteiger partial charge on any atom is -0.350 e. The molecule has 0 aliphatic rings. The predicted molar refractivity (Wildman–Crippen MR) is 64.5 cm³/mol. The fraction of sp³-hybridized carbons (Fsp3) is 0.0909. The van der Waals surface area contributed by atoms with Gasteiger partial charge in [0, 0.05) is 0 Å². The van der Waals surface area contributed by atoms with Crippen molar-refractivity contribution in [2.75, 3.05) is 0 Å². The molecule has 1 aromatic carbocycles. The highest BCUT2D eigenvalue weighted by molar-refractivity contribution is 5.98. The first-order valence-corrected chi connectivity index (χ1v) is 4.99. The number of carbonyl (C=O) groups excluding carboxylic acids is 1. The number of nitrogens with one attached hydrogen (secondary N) is 1. The number of para-hydroxylation sites is 2. The second kappa shape index (κ2) is 4.56. The topological polar surface area (TPSA) is 93.3 Å². The molecule has 6 nitrogen and oxygen atoms in total. The van der Waals surface area contributed by atoms with Crippen LogP contribution in [0, 0.1) is 0 Å². The molecule has 0 unspecified atom stereocenters. The number of primary amides is 1. The number of urea groups is 1. The summed E-state index contributed by atoms with van der Waals surface area (Å²) >= 11 is 0. The minimum absolute atomic E-state index is 0.544. The lowest BCUT2D eigenvalue weighted by atomic mass is 10.2. The molecule has 0 bridgehead atoms. The normalized spacial score (nSPS) is 11.5. The molecule has 0 atom stereocenters. The number of rotatable bonds is 2. The maximum atomic E-state index is 10.5. The first-order chi connectivity index (χ1) is 8.16. The van der Waals surface area contributed by atoms with Crippen LogP contribution in [0.4, 0.5) is 4.79 Å². The average Bonchev–Trinajstić information content (AvgIpc) is 2.35. The standard InChI is InChI=1S/C11H11N5O/c1-7(15-16-11(12)17)10-6-13-8-4-2-3-5-9(8)14-10/h2-6H,1H3,(H3,12,16,17)/b15-7-. The van der Waals surface area contributed by atoms with Crippen LogP contribution in [0.1, 0.15) is 12.6 Å². The summed E-state index contributed by atoms with van der Waals surface area (Å²) < 4.78 is 0. The van der Waals surface area contributed by atoms with Gasteiger partial charge in [0.2, 0.25) is 0 Å². The van der Waals surface area contributed by atoms with E-state index in [1.165, 1.54) is 0 Å². The highest BCUT2D eigenvalue weighted by Crippen LogP contribution is 2.08. The van der Waals surface area contributed by atoms with Crippen LogP contribution in [0.5, 0.6) is 0 Å². The Kier molecular flexibility index (Phi) is 2.95. The second-order valence-electron chi connectivity index (χ2n) is 3.42. The summed E-state index contributed by atoms with van der Waals surface area (Å²) in [6.45, 7) is 1.72.